The number of aryl methyl sites for hydroxylation is 1. The molecule has 0 bridgehead atoms. The third-order valence-electron chi connectivity index (χ3n) is 6.12. The molecular formula is C30H32N4O2S. The number of carbonyl (C=O) groups excluding carboxylic acids is 2. The van der Waals surface area contributed by atoms with Crippen LogP contribution in [0.15, 0.2) is 84.9 Å². The first kappa shape index (κ1) is 26.2. The Bertz CT molecular complexity index is 1270. The Labute approximate surface area is 222 Å². The number of rotatable bonds is 12. The molecule has 1 aromatic heterocycles. The minimum atomic E-state index is -0.771. The van der Waals surface area contributed by atoms with Crippen molar-refractivity contribution >= 4 is 28.3 Å². The van der Waals surface area contributed by atoms with E-state index >= 15 is 0 Å². The fraction of sp³-hybridized carbons (Fsp3) is 0.267. The molecule has 0 radical (unpaired) electrons. The van der Waals surface area contributed by atoms with Crippen molar-refractivity contribution in [3.05, 3.63) is 102 Å². The lowest BCUT2D eigenvalue weighted by atomic mass is 10.0. The van der Waals surface area contributed by atoms with E-state index in [0.29, 0.717) is 22.1 Å². The Morgan fingerprint density at radius 3 is 2.22 bits per heavy atom. The second-order valence-electron chi connectivity index (χ2n) is 8.99. The predicted octanol–water partition coefficient (Wildman–Crippen LogP) is 6.31. The summed E-state index contributed by atoms with van der Waals surface area (Å²) in [5.41, 5.74) is 3.64. The van der Waals surface area contributed by atoms with Crippen molar-refractivity contribution in [2.24, 2.45) is 0 Å². The lowest BCUT2D eigenvalue weighted by Gasteiger charge is -2.18. The van der Waals surface area contributed by atoms with Crippen LogP contribution in [0, 0.1) is 0 Å². The number of hydrogen-bond acceptors (Lipinski definition) is 5. The third-order valence-corrected chi connectivity index (χ3v) is 7.00. The maximum absolute atomic E-state index is 13.3. The van der Waals surface area contributed by atoms with Crippen molar-refractivity contribution in [1.82, 2.24) is 15.5 Å². The van der Waals surface area contributed by atoms with Gasteiger partial charge in [-0.2, -0.15) is 0 Å². The lowest BCUT2D eigenvalue weighted by molar-refractivity contribution is -0.118. The van der Waals surface area contributed by atoms with Crippen LogP contribution >= 0.6 is 11.3 Å². The van der Waals surface area contributed by atoms with E-state index in [2.05, 4.69) is 27.8 Å². The molecule has 0 spiro atoms. The van der Waals surface area contributed by atoms with Crippen molar-refractivity contribution < 1.29 is 9.59 Å². The maximum Gasteiger partial charge on any atom is 0.251 e. The number of nitrogens with one attached hydrogen (secondary N) is 2. The van der Waals surface area contributed by atoms with Crippen LogP contribution in [0.1, 0.15) is 54.1 Å². The zero-order valence-electron chi connectivity index (χ0n) is 21.0. The molecule has 4 rings (SSSR count). The van der Waals surface area contributed by atoms with Gasteiger partial charge in [0.15, 0.2) is 0 Å². The van der Waals surface area contributed by atoms with E-state index in [1.165, 1.54) is 36.2 Å². The molecule has 2 amide bonds. The van der Waals surface area contributed by atoms with Gasteiger partial charge in [-0.3, -0.25) is 14.9 Å². The van der Waals surface area contributed by atoms with E-state index in [1.54, 1.807) is 0 Å². The smallest absolute Gasteiger partial charge is 0.251 e. The largest absolute Gasteiger partial charge is 0.340 e. The average molecular weight is 513 g/mol. The Morgan fingerprint density at radius 1 is 0.811 bits per heavy atom. The molecule has 1 atom stereocenters. The highest BCUT2D eigenvalue weighted by Gasteiger charge is 2.23. The summed E-state index contributed by atoms with van der Waals surface area (Å²) >= 11 is 1.30. The highest BCUT2D eigenvalue weighted by atomic mass is 32.1. The van der Waals surface area contributed by atoms with Crippen LogP contribution in [0.4, 0.5) is 5.13 Å². The van der Waals surface area contributed by atoms with Crippen LogP contribution in [-0.2, 0) is 17.6 Å². The Hall–Kier alpha value is -3.84. The number of hydrogen-bond donors (Lipinski definition) is 2. The standard InChI is InChI=1S/C30H32N4O2S/c1-2-3-4-7-12-22-17-19-24(20-18-22)27(35)31-26(21-23-13-8-5-9-14-23)28(36)32-30-34-33-29(37-30)25-15-10-6-11-16-25/h5-6,8-11,13-20,26H,2-4,7,12,21H2,1H3,(H,31,35)(H,32,34,36). The van der Waals surface area contributed by atoms with E-state index in [-0.39, 0.29) is 11.8 Å². The van der Waals surface area contributed by atoms with Crippen LogP contribution in [0.5, 0.6) is 0 Å². The summed E-state index contributed by atoms with van der Waals surface area (Å²) in [5, 5.41) is 15.2. The molecule has 0 aliphatic carbocycles. The van der Waals surface area contributed by atoms with Crippen LogP contribution in [-0.4, -0.2) is 28.1 Å². The number of carbonyl (C=O) groups is 2. The topological polar surface area (TPSA) is 84.0 Å². The second-order valence-corrected chi connectivity index (χ2v) is 9.97. The van der Waals surface area contributed by atoms with Gasteiger partial charge in [0.25, 0.3) is 5.91 Å². The van der Waals surface area contributed by atoms with Gasteiger partial charge in [0.2, 0.25) is 11.0 Å². The fourth-order valence-corrected chi connectivity index (χ4v) is 4.79. The molecule has 3 aromatic carbocycles. The molecule has 0 saturated carbocycles. The van der Waals surface area contributed by atoms with Crippen molar-refractivity contribution in [3.8, 4) is 10.6 Å². The molecule has 0 aliphatic heterocycles. The molecule has 37 heavy (non-hydrogen) atoms. The van der Waals surface area contributed by atoms with E-state index in [0.717, 1.165) is 24.0 Å². The molecule has 1 unspecified atom stereocenters. The quantitative estimate of drug-likeness (QED) is 0.218. The summed E-state index contributed by atoms with van der Waals surface area (Å²) in [6.45, 7) is 2.20. The number of aromatic nitrogens is 2. The molecule has 7 heteroatoms. The SMILES string of the molecule is CCCCCCc1ccc(C(=O)NC(Cc2ccccc2)C(=O)Nc2nnc(-c3ccccc3)s2)cc1. The van der Waals surface area contributed by atoms with E-state index in [9.17, 15) is 9.59 Å². The summed E-state index contributed by atoms with van der Waals surface area (Å²) in [4.78, 5) is 26.4. The number of amides is 2. The summed E-state index contributed by atoms with van der Waals surface area (Å²) in [6.07, 6.45) is 6.19. The first-order valence-corrected chi connectivity index (χ1v) is 13.6. The van der Waals surface area contributed by atoms with Gasteiger partial charge in [-0.05, 0) is 36.1 Å². The summed E-state index contributed by atoms with van der Waals surface area (Å²) < 4.78 is 0. The minimum Gasteiger partial charge on any atom is -0.340 e. The normalized spacial score (nSPS) is 11.6. The monoisotopic (exact) mass is 512 g/mol. The van der Waals surface area contributed by atoms with Gasteiger partial charge in [-0.15, -0.1) is 10.2 Å². The van der Waals surface area contributed by atoms with Crippen molar-refractivity contribution in [3.63, 3.8) is 0 Å². The van der Waals surface area contributed by atoms with Crippen LogP contribution in [0.25, 0.3) is 10.6 Å². The van der Waals surface area contributed by atoms with Crippen molar-refractivity contribution in [2.75, 3.05) is 5.32 Å². The molecule has 0 saturated heterocycles. The molecule has 6 nitrogen and oxygen atoms in total. The van der Waals surface area contributed by atoms with Gasteiger partial charge in [0.1, 0.15) is 11.0 Å². The van der Waals surface area contributed by atoms with Gasteiger partial charge in [-0.1, -0.05) is 110 Å². The lowest BCUT2D eigenvalue weighted by Crippen LogP contribution is -2.45. The molecule has 0 fully saturated rings. The molecule has 1 heterocycles. The fourth-order valence-electron chi connectivity index (χ4n) is 4.04. The van der Waals surface area contributed by atoms with Gasteiger partial charge in [0.05, 0.1) is 0 Å². The van der Waals surface area contributed by atoms with Crippen molar-refractivity contribution in [1.29, 1.82) is 0 Å². The first-order chi connectivity index (χ1) is 18.1. The van der Waals surface area contributed by atoms with Crippen LogP contribution in [0.2, 0.25) is 0 Å². The number of benzene rings is 3. The average Bonchev–Trinajstić information content (AvgIpc) is 3.40. The Morgan fingerprint density at radius 2 is 1.51 bits per heavy atom. The minimum absolute atomic E-state index is 0.282. The Kier molecular flexibility index (Phi) is 9.54. The molecule has 4 aromatic rings. The highest BCUT2D eigenvalue weighted by molar-refractivity contribution is 7.18. The number of anilines is 1. The summed E-state index contributed by atoms with van der Waals surface area (Å²) in [5.74, 6) is -0.614. The Balaban J connectivity index is 1.43. The zero-order valence-corrected chi connectivity index (χ0v) is 21.8. The van der Waals surface area contributed by atoms with Gasteiger partial charge >= 0.3 is 0 Å². The van der Waals surface area contributed by atoms with Gasteiger partial charge in [0, 0.05) is 17.5 Å². The maximum atomic E-state index is 13.3. The summed E-state index contributed by atoms with van der Waals surface area (Å²) in [6, 6.07) is 26.2. The van der Waals surface area contributed by atoms with E-state index in [1.807, 2.05) is 84.9 Å². The molecule has 2 N–H and O–H groups in total. The van der Waals surface area contributed by atoms with E-state index < -0.39 is 6.04 Å². The summed E-state index contributed by atoms with van der Waals surface area (Å²) in [7, 11) is 0. The first-order valence-electron chi connectivity index (χ1n) is 12.8. The molecule has 190 valence electrons. The van der Waals surface area contributed by atoms with E-state index in [4.69, 9.17) is 0 Å². The molecular weight excluding hydrogens is 480 g/mol. The number of unbranched alkanes of at least 4 members (excludes halogenated alkanes) is 3. The predicted molar refractivity (Wildman–Crippen MR) is 150 cm³/mol. The molecule has 0 aliphatic rings. The second kappa shape index (κ2) is 13.5. The highest BCUT2D eigenvalue weighted by Crippen LogP contribution is 2.26. The van der Waals surface area contributed by atoms with Crippen molar-refractivity contribution in [2.45, 2.75) is 51.5 Å². The van der Waals surface area contributed by atoms with Gasteiger partial charge in [-0.25, -0.2) is 0 Å². The van der Waals surface area contributed by atoms with Crippen LogP contribution in [0.3, 0.4) is 0 Å². The zero-order chi connectivity index (χ0) is 25.9. The van der Waals surface area contributed by atoms with Gasteiger partial charge < -0.3 is 5.32 Å². The number of nitrogens with zero attached hydrogens (tertiary/aromatic N) is 2. The third kappa shape index (κ3) is 7.82. The van der Waals surface area contributed by atoms with Crippen LogP contribution < -0.4 is 10.6 Å².